The minimum atomic E-state index is -1.55. The Morgan fingerprint density at radius 2 is 1.62 bits per heavy atom. The van der Waals surface area contributed by atoms with Gasteiger partial charge in [0.1, 0.15) is 24.2 Å². The van der Waals surface area contributed by atoms with E-state index in [1.165, 1.54) is 6.92 Å². The molecule has 214 valence electrons. The fraction of sp³-hybridized carbons (Fsp3) is 0.560. The molecule has 2 aliphatic rings. The van der Waals surface area contributed by atoms with Crippen LogP contribution in [0, 0.1) is 0 Å². The van der Waals surface area contributed by atoms with Crippen LogP contribution in [0.4, 0.5) is 0 Å². The molecule has 2 saturated heterocycles. The predicted molar refractivity (Wildman–Crippen MR) is 142 cm³/mol. The second-order valence-corrected chi connectivity index (χ2v) is 10.6. The maximum atomic E-state index is 13.5. The molecule has 3 rings (SSSR count). The average molecular weight is 586 g/mol. The number of hydrogen-bond donors (Lipinski definition) is 6. The van der Waals surface area contributed by atoms with Crippen LogP contribution < -0.4 is 21.3 Å². The third-order valence-electron chi connectivity index (χ3n) is 6.73. The van der Waals surface area contributed by atoms with E-state index in [2.05, 4.69) is 21.3 Å². The molecule has 0 bridgehead atoms. The van der Waals surface area contributed by atoms with Crippen LogP contribution in [0.2, 0.25) is 0 Å². The second kappa shape index (κ2) is 13.4. The molecule has 2 heterocycles. The summed E-state index contributed by atoms with van der Waals surface area (Å²) < 4.78 is 0. The molecule has 0 aliphatic carbocycles. The first-order chi connectivity index (χ1) is 18.5. The highest BCUT2D eigenvalue weighted by Crippen LogP contribution is 2.29. The fourth-order valence-electron chi connectivity index (χ4n) is 4.57. The first-order valence-corrected chi connectivity index (χ1v) is 13.5. The van der Waals surface area contributed by atoms with Gasteiger partial charge in [-0.2, -0.15) is 0 Å². The van der Waals surface area contributed by atoms with Crippen molar-refractivity contribution in [3.05, 3.63) is 35.9 Å². The van der Waals surface area contributed by atoms with Gasteiger partial charge in [0.2, 0.25) is 29.5 Å². The summed E-state index contributed by atoms with van der Waals surface area (Å²) in [6.07, 6.45) is -1.49. The van der Waals surface area contributed by atoms with Crippen LogP contribution in [0.1, 0.15) is 38.3 Å². The lowest BCUT2D eigenvalue weighted by atomic mass is 10.0. The zero-order chi connectivity index (χ0) is 28.9. The van der Waals surface area contributed by atoms with Gasteiger partial charge in [-0.1, -0.05) is 37.3 Å². The number of carbonyl (C=O) groups excluding carboxylic acids is 5. The van der Waals surface area contributed by atoms with Gasteiger partial charge < -0.3 is 36.4 Å². The summed E-state index contributed by atoms with van der Waals surface area (Å²) in [7, 11) is 0. The normalized spacial score (nSPS) is 32.0. The number of carbonyl (C=O) groups is 5. The molecule has 1 aromatic carbocycles. The summed E-state index contributed by atoms with van der Waals surface area (Å²) in [4.78, 5) is 67.1. The molecule has 0 aromatic heterocycles. The summed E-state index contributed by atoms with van der Waals surface area (Å²) in [5.41, 5.74) is 0.577. The highest BCUT2D eigenvalue weighted by molar-refractivity contribution is 6.32. The lowest BCUT2D eigenvalue weighted by Gasteiger charge is -2.32. The minimum absolute atomic E-state index is 0.0835. The third-order valence-corrected chi connectivity index (χ3v) is 7.81. The molecule has 5 amide bonds. The lowest BCUT2D eigenvalue weighted by Crippen LogP contribution is -2.62. The van der Waals surface area contributed by atoms with Gasteiger partial charge in [-0.25, -0.2) is 0 Å². The van der Waals surface area contributed by atoms with Crippen LogP contribution in [0.25, 0.3) is 0 Å². The molecule has 6 N–H and O–H groups in total. The van der Waals surface area contributed by atoms with E-state index in [9.17, 15) is 34.2 Å². The van der Waals surface area contributed by atoms with Gasteiger partial charge in [-0.15, -0.1) is 23.2 Å². The Morgan fingerprint density at radius 3 is 2.21 bits per heavy atom. The highest BCUT2D eigenvalue weighted by atomic mass is 35.5. The van der Waals surface area contributed by atoms with Crippen molar-refractivity contribution >= 4 is 52.7 Å². The molecule has 0 unspecified atom stereocenters. The average Bonchev–Trinajstić information content (AvgIpc) is 3.21. The van der Waals surface area contributed by atoms with E-state index in [1.807, 2.05) is 0 Å². The molecule has 2 aliphatic heterocycles. The summed E-state index contributed by atoms with van der Waals surface area (Å²) in [6, 6.07) is 2.39. The van der Waals surface area contributed by atoms with E-state index in [0.29, 0.717) is 5.56 Å². The maximum Gasteiger partial charge on any atom is 0.245 e. The molecule has 2 fully saturated rings. The Kier molecular flexibility index (Phi) is 10.5. The monoisotopic (exact) mass is 585 g/mol. The summed E-state index contributed by atoms with van der Waals surface area (Å²) in [5.74, 6) is -3.75. The van der Waals surface area contributed by atoms with E-state index in [1.54, 1.807) is 37.3 Å². The van der Waals surface area contributed by atoms with Crippen molar-refractivity contribution in [1.82, 2.24) is 26.2 Å². The molecular formula is C25H33Cl2N5O7. The van der Waals surface area contributed by atoms with E-state index in [4.69, 9.17) is 23.2 Å². The molecule has 8 atom stereocenters. The van der Waals surface area contributed by atoms with Crippen molar-refractivity contribution in [2.24, 2.45) is 0 Å². The number of aliphatic hydroxyl groups excluding tert-OH is 2. The quantitative estimate of drug-likeness (QED) is 0.243. The van der Waals surface area contributed by atoms with Gasteiger partial charge in [-0.3, -0.25) is 24.0 Å². The fourth-order valence-corrected chi connectivity index (χ4v) is 5.19. The molecule has 1 aromatic rings. The standard InChI is InChI=1S/C25H33Cl2N5O7/c1-3-15-25(39)32-10-14(26)19(27)21(32)24(38)31-20(12(2)34)23(37)30-17(11-33)22(36)29-16(9-18(35)28-15)13-7-5-4-6-8-13/h4-8,12,14-17,19-21,33-34H,3,9-11H2,1-2H3,(H,28,35)(H,29,36)(H,30,37)(H,31,38)/t12-,14+,15-,16+,17-,19+,20-,21-/m0/s1. The van der Waals surface area contributed by atoms with Crippen LogP contribution in [0.3, 0.4) is 0 Å². The molecule has 0 spiro atoms. The van der Waals surface area contributed by atoms with Crippen molar-refractivity contribution in [3.63, 3.8) is 0 Å². The summed E-state index contributed by atoms with van der Waals surface area (Å²) in [5, 5.41) is 28.3. The highest BCUT2D eigenvalue weighted by Gasteiger charge is 2.48. The van der Waals surface area contributed by atoms with E-state index in [0.717, 1.165) is 4.90 Å². The number of nitrogens with zero attached hydrogens (tertiary/aromatic N) is 1. The Morgan fingerprint density at radius 1 is 0.949 bits per heavy atom. The van der Waals surface area contributed by atoms with E-state index >= 15 is 0 Å². The van der Waals surface area contributed by atoms with Gasteiger partial charge in [0.05, 0.1) is 35.9 Å². The van der Waals surface area contributed by atoms with Crippen LogP contribution in [0.5, 0.6) is 0 Å². The van der Waals surface area contributed by atoms with Gasteiger partial charge in [0.25, 0.3) is 0 Å². The second-order valence-electron chi connectivity index (χ2n) is 9.57. The maximum absolute atomic E-state index is 13.5. The number of alkyl halides is 2. The van der Waals surface area contributed by atoms with Crippen LogP contribution in [0.15, 0.2) is 30.3 Å². The van der Waals surface area contributed by atoms with Crippen LogP contribution in [-0.4, -0.2) is 98.8 Å². The van der Waals surface area contributed by atoms with Gasteiger partial charge in [0.15, 0.2) is 0 Å². The Bertz CT molecular complexity index is 1080. The number of aliphatic hydroxyl groups is 2. The third kappa shape index (κ3) is 7.18. The van der Waals surface area contributed by atoms with Crippen LogP contribution in [-0.2, 0) is 24.0 Å². The first kappa shape index (κ1) is 30.6. The molecule has 0 saturated carbocycles. The number of fused-ring (bicyclic) bond motifs is 1. The van der Waals surface area contributed by atoms with Crippen molar-refractivity contribution in [1.29, 1.82) is 0 Å². The predicted octanol–water partition coefficient (Wildman–Crippen LogP) is -1.09. The number of benzene rings is 1. The smallest absolute Gasteiger partial charge is 0.245 e. The zero-order valence-electron chi connectivity index (χ0n) is 21.5. The van der Waals surface area contributed by atoms with Crippen molar-refractivity contribution in [2.75, 3.05) is 13.2 Å². The Hall–Kier alpha value is -2.93. The number of halogens is 2. The van der Waals surface area contributed by atoms with Gasteiger partial charge in [-0.05, 0) is 18.9 Å². The van der Waals surface area contributed by atoms with Gasteiger partial charge >= 0.3 is 0 Å². The number of nitrogens with one attached hydrogen (secondary N) is 4. The van der Waals surface area contributed by atoms with Crippen LogP contribution >= 0.6 is 23.2 Å². The molecule has 12 nitrogen and oxygen atoms in total. The van der Waals surface area contributed by atoms with Gasteiger partial charge in [0, 0.05) is 6.54 Å². The Balaban J connectivity index is 2.02. The molecule has 0 radical (unpaired) electrons. The van der Waals surface area contributed by atoms with Crippen molar-refractivity contribution < 1.29 is 34.2 Å². The number of rotatable bonds is 4. The van der Waals surface area contributed by atoms with Crippen molar-refractivity contribution in [2.45, 2.75) is 73.8 Å². The SMILES string of the molecule is CC[C@@H]1NC(=O)C[C@H](c2ccccc2)NC(=O)[C@H](CO)NC(=O)[C@H]([C@H](C)O)NC(=O)[C@@H]2[C@H](Cl)[C@H](Cl)CN2C1=O. The zero-order valence-corrected chi connectivity index (χ0v) is 23.0. The lowest BCUT2D eigenvalue weighted by molar-refractivity contribution is -0.143. The summed E-state index contributed by atoms with van der Waals surface area (Å²) >= 11 is 12.7. The first-order valence-electron chi connectivity index (χ1n) is 12.6. The molecule has 14 heteroatoms. The molecular weight excluding hydrogens is 553 g/mol. The number of hydrogen-bond acceptors (Lipinski definition) is 7. The van der Waals surface area contributed by atoms with E-state index in [-0.39, 0.29) is 19.4 Å². The number of amides is 5. The summed E-state index contributed by atoms with van der Waals surface area (Å²) in [6.45, 7) is 2.05. The minimum Gasteiger partial charge on any atom is -0.394 e. The molecule has 39 heavy (non-hydrogen) atoms. The largest absolute Gasteiger partial charge is 0.394 e. The topological polar surface area (TPSA) is 177 Å². The van der Waals surface area contributed by atoms with Crippen molar-refractivity contribution in [3.8, 4) is 0 Å². The Labute approximate surface area is 235 Å². The van der Waals surface area contributed by atoms with E-state index < -0.39 is 83.2 Å².